The lowest BCUT2D eigenvalue weighted by molar-refractivity contribution is 0.436. The molecular weight excluding hydrogens is 210 g/mol. The Morgan fingerprint density at radius 2 is 1.82 bits per heavy atom. The summed E-state index contributed by atoms with van der Waals surface area (Å²) in [5, 5.41) is 11.3. The number of piperidine rings is 1. The minimum absolute atomic E-state index is 0.636. The Balaban J connectivity index is 1.68. The van der Waals surface area contributed by atoms with E-state index in [1.807, 2.05) is 0 Å². The molecule has 2 fully saturated rings. The second-order valence-corrected chi connectivity index (χ2v) is 5.63. The first-order valence-corrected chi connectivity index (χ1v) is 7.19. The van der Waals surface area contributed by atoms with Crippen molar-refractivity contribution < 1.29 is 0 Å². The fourth-order valence-electron chi connectivity index (χ4n) is 3.29. The Labute approximate surface area is 103 Å². The summed E-state index contributed by atoms with van der Waals surface area (Å²) in [5.41, 5.74) is 2.68. The maximum Gasteiger partial charge on any atom is 0.0668 e. The van der Waals surface area contributed by atoms with E-state index < -0.39 is 0 Å². The summed E-state index contributed by atoms with van der Waals surface area (Å²) in [4.78, 5) is 0. The van der Waals surface area contributed by atoms with Gasteiger partial charge < -0.3 is 5.32 Å². The molecule has 1 saturated carbocycles. The lowest BCUT2D eigenvalue weighted by Crippen LogP contribution is -2.28. The highest BCUT2D eigenvalue weighted by Gasteiger charge is 2.21. The van der Waals surface area contributed by atoms with Crippen LogP contribution in [0.4, 0.5) is 0 Å². The van der Waals surface area contributed by atoms with Gasteiger partial charge in [-0.3, -0.25) is 5.10 Å². The number of aromatic amines is 1. The highest BCUT2D eigenvalue weighted by atomic mass is 15.1. The maximum absolute atomic E-state index is 4.55. The number of hydrogen-bond donors (Lipinski definition) is 2. The fourth-order valence-corrected chi connectivity index (χ4v) is 3.29. The molecule has 1 aromatic heterocycles. The molecule has 0 spiro atoms. The summed E-state index contributed by atoms with van der Waals surface area (Å²) < 4.78 is 0. The number of hydrogen-bond acceptors (Lipinski definition) is 2. The molecule has 3 heteroatoms. The molecule has 2 aliphatic rings. The van der Waals surface area contributed by atoms with Crippen LogP contribution in [0.5, 0.6) is 0 Å². The highest BCUT2D eigenvalue weighted by molar-refractivity contribution is 5.18. The summed E-state index contributed by atoms with van der Waals surface area (Å²) in [7, 11) is 0. The van der Waals surface area contributed by atoms with Gasteiger partial charge in [-0.1, -0.05) is 19.3 Å². The molecule has 1 aromatic rings. The molecule has 3 rings (SSSR count). The molecule has 3 nitrogen and oxygen atoms in total. The number of H-pyrrole nitrogens is 1. The van der Waals surface area contributed by atoms with E-state index in [2.05, 4.69) is 21.6 Å². The smallest absolute Gasteiger partial charge is 0.0668 e. The SMILES string of the molecule is c1c(C2CCCNC2)n[nH]c1C1CCCCC1. The van der Waals surface area contributed by atoms with Crippen LogP contribution in [0.25, 0.3) is 0 Å². The Bertz CT molecular complexity index is 314. The van der Waals surface area contributed by atoms with Crippen LogP contribution in [0.2, 0.25) is 0 Å². The van der Waals surface area contributed by atoms with Crippen molar-refractivity contribution >= 4 is 0 Å². The van der Waals surface area contributed by atoms with E-state index in [-0.39, 0.29) is 0 Å². The average molecular weight is 233 g/mol. The summed E-state index contributed by atoms with van der Waals surface area (Å²) in [6.07, 6.45) is 9.49. The quantitative estimate of drug-likeness (QED) is 0.824. The van der Waals surface area contributed by atoms with Crippen molar-refractivity contribution in [3.05, 3.63) is 17.5 Å². The van der Waals surface area contributed by atoms with Crippen molar-refractivity contribution in [3.8, 4) is 0 Å². The lowest BCUT2D eigenvalue weighted by atomic mass is 9.86. The molecule has 0 bridgehead atoms. The predicted molar refractivity (Wildman–Crippen MR) is 69.3 cm³/mol. The number of rotatable bonds is 2. The molecule has 1 saturated heterocycles. The maximum atomic E-state index is 4.55. The number of nitrogens with zero attached hydrogens (tertiary/aromatic N) is 1. The Morgan fingerprint density at radius 3 is 2.59 bits per heavy atom. The molecule has 0 amide bonds. The van der Waals surface area contributed by atoms with Crippen LogP contribution in [0.3, 0.4) is 0 Å². The highest BCUT2D eigenvalue weighted by Crippen LogP contribution is 2.33. The third kappa shape index (κ3) is 2.54. The minimum atomic E-state index is 0.636. The van der Waals surface area contributed by atoms with Crippen LogP contribution in [0, 0.1) is 0 Å². The summed E-state index contributed by atoms with van der Waals surface area (Å²) >= 11 is 0. The normalized spacial score (nSPS) is 27.2. The van der Waals surface area contributed by atoms with Crippen molar-refractivity contribution in [2.75, 3.05) is 13.1 Å². The van der Waals surface area contributed by atoms with Crippen molar-refractivity contribution in [1.29, 1.82) is 0 Å². The number of nitrogens with one attached hydrogen (secondary N) is 2. The molecule has 1 aliphatic carbocycles. The van der Waals surface area contributed by atoms with Crippen molar-refractivity contribution in [2.45, 2.75) is 56.8 Å². The van der Waals surface area contributed by atoms with Crippen LogP contribution in [0.15, 0.2) is 6.07 Å². The summed E-state index contributed by atoms with van der Waals surface area (Å²) in [6, 6.07) is 2.34. The largest absolute Gasteiger partial charge is 0.316 e. The summed E-state index contributed by atoms with van der Waals surface area (Å²) in [6.45, 7) is 2.28. The molecule has 94 valence electrons. The van der Waals surface area contributed by atoms with Gasteiger partial charge in [-0.05, 0) is 38.3 Å². The number of aromatic nitrogens is 2. The van der Waals surface area contributed by atoms with Gasteiger partial charge in [0.1, 0.15) is 0 Å². The third-order valence-corrected chi connectivity index (χ3v) is 4.38. The van der Waals surface area contributed by atoms with Crippen LogP contribution in [-0.4, -0.2) is 23.3 Å². The standard InChI is InChI=1S/C14H23N3/c1-2-5-11(6-3-1)13-9-14(17-16-13)12-7-4-8-15-10-12/h9,11-12,15H,1-8,10H2,(H,16,17). The van der Waals surface area contributed by atoms with E-state index in [0.29, 0.717) is 5.92 Å². The molecule has 0 radical (unpaired) electrons. The van der Waals surface area contributed by atoms with Gasteiger partial charge in [0.25, 0.3) is 0 Å². The van der Waals surface area contributed by atoms with E-state index in [4.69, 9.17) is 0 Å². The van der Waals surface area contributed by atoms with E-state index in [9.17, 15) is 0 Å². The molecule has 1 atom stereocenters. The molecule has 1 aliphatic heterocycles. The molecule has 2 N–H and O–H groups in total. The van der Waals surface area contributed by atoms with Crippen molar-refractivity contribution in [3.63, 3.8) is 0 Å². The van der Waals surface area contributed by atoms with E-state index in [1.165, 1.54) is 62.9 Å². The lowest BCUT2D eigenvalue weighted by Gasteiger charge is -2.21. The van der Waals surface area contributed by atoms with Crippen molar-refractivity contribution in [2.24, 2.45) is 0 Å². The van der Waals surface area contributed by atoms with Gasteiger partial charge in [0, 0.05) is 24.1 Å². The first-order valence-electron chi connectivity index (χ1n) is 7.19. The van der Waals surface area contributed by atoms with E-state index >= 15 is 0 Å². The first-order chi connectivity index (χ1) is 8.43. The first kappa shape index (κ1) is 11.3. The second kappa shape index (κ2) is 5.21. The zero-order chi connectivity index (χ0) is 11.5. The van der Waals surface area contributed by atoms with Crippen LogP contribution >= 0.6 is 0 Å². The minimum Gasteiger partial charge on any atom is -0.316 e. The second-order valence-electron chi connectivity index (χ2n) is 5.63. The topological polar surface area (TPSA) is 40.7 Å². The zero-order valence-electron chi connectivity index (χ0n) is 10.5. The van der Waals surface area contributed by atoms with Gasteiger partial charge in [0.2, 0.25) is 0 Å². The van der Waals surface area contributed by atoms with Crippen LogP contribution in [0.1, 0.15) is 68.2 Å². The monoisotopic (exact) mass is 233 g/mol. The molecule has 0 aromatic carbocycles. The average Bonchev–Trinajstić information content (AvgIpc) is 2.90. The van der Waals surface area contributed by atoms with Crippen LogP contribution in [-0.2, 0) is 0 Å². The fraction of sp³-hybridized carbons (Fsp3) is 0.786. The van der Waals surface area contributed by atoms with E-state index in [0.717, 1.165) is 12.5 Å². The van der Waals surface area contributed by atoms with Gasteiger partial charge in [-0.15, -0.1) is 0 Å². The summed E-state index contributed by atoms with van der Waals surface area (Å²) in [5.74, 6) is 1.39. The molecular formula is C14H23N3. The van der Waals surface area contributed by atoms with Gasteiger partial charge >= 0.3 is 0 Å². The Hall–Kier alpha value is -0.830. The van der Waals surface area contributed by atoms with Crippen molar-refractivity contribution in [1.82, 2.24) is 15.5 Å². The molecule has 17 heavy (non-hydrogen) atoms. The Morgan fingerprint density at radius 1 is 1.00 bits per heavy atom. The zero-order valence-corrected chi connectivity index (χ0v) is 10.5. The van der Waals surface area contributed by atoms with Crippen LogP contribution < -0.4 is 5.32 Å². The molecule has 2 heterocycles. The van der Waals surface area contributed by atoms with Gasteiger partial charge in [-0.2, -0.15) is 5.10 Å². The van der Waals surface area contributed by atoms with Gasteiger partial charge in [0.05, 0.1) is 5.69 Å². The third-order valence-electron chi connectivity index (χ3n) is 4.38. The van der Waals surface area contributed by atoms with Gasteiger partial charge in [-0.25, -0.2) is 0 Å². The molecule has 1 unspecified atom stereocenters. The van der Waals surface area contributed by atoms with E-state index in [1.54, 1.807) is 0 Å². The van der Waals surface area contributed by atoms with Gasteiger partial charge in [0.15, 0.2) is 0 Å². The predicted octanol–water partition coefficient (Wildman–Crippen LogP) is 2.92. The Kier molecular flexibility index (Phi) is 3.46.